The zero-order chi connectivity index (χ0) is 21.8. The van der Waals surface area contributed by atoms with Crippen molar-refractivity contribution in [1.82, 2.24) is 4.98 Å². The molecular weight excluding hydrogens is 404 g/mol. The maximum Gasteiger partial charge on any atom is 0.267 e. The van der Waals surface area contributed by atoms with Crippen molar-refractivity contribution >= 4 is 22.9 Å². The highest BCUT2D eigenvalue weighted by molar-refractivity contribution is 7.17. The Hall–Kier alpha value is -3.26. The van der Waals surface area contributed by atoms with E-state index in [4.69, 9.17) is 18.9 Å². The van der Waals surface area contributed by atoms with Gasteiger partial charge in [-0.1, -0.05) is 0 Å². The fourth-order valence-electron chi connectivity index (χ4n) is 2.99. The van der Waals surface area contributed by atoms with Crippen LogP contribution in [-0.2, 0) is 0 Å². The molecule has 2 aromatic carbocycles. The Bertz CT molecular complexity index is 1080. The summed E-state index contributed by atoms with van der Waals surface area (Å²) < 4.78 is 21.3. The molecule has 0 saturated carbocycles. The number of hydrogen-bond acceptors (Lipinski definition) is 7. The topological polar surface area (TPSA) is 78.9 Å². The highest BCUT2D eigenvalue weighted by Gasteiger charge is 2.19. The molecule has 0 unspecified atom stereocenters. The quantitative estimate of drug-likeness (QED) is 0.587. The van der Waals surface area contributed by atoms with Crippen LogP contribution in [0.3, 0.4) is 0 Å². The minimum absolute atomic E-state index is 0.230. The fraction of sp³-hybridized carbons (Fsp3) is 0.273. The molecule has 1 aromatic heterocycles. The Morgan fingerprint density at radius 1 is 0.867 bits per heavy atom. The molecule has 0 aliphatic carbocycles. The molecule has 0 saturated heterocycles. The molecule has 1 heterocycles. The Kier molecular flexibility index (Phi) is 6.47. The molecule has 0 aliphatic heterocycles. The van der Waals surface area contributed by atoms with Gasteiger partial charge in [-0.15, -0.1) is 11.3 Å². The van der Waals surface area contributed by atoms with Gasteiger partial charge in [-0.3, -0.25) is 4.79 Å². The molecule has 0 atom stereocenters. The molecule has 0 aliphatic rings. The van der Waals surface area contributed by atoms with Gasteiger partial charge in [0.05, 0.1) is 34.1 Å². The standard InChI is InChI=1S/C22H24N2O5S/c1-12-9-17(27-4)19(29-6)11-15(12)24-21(25)20-13(2)23-22(30-20)14-7-8-16(26-3)18(10-14)28-5/h7-11H,1-6H3,(H,24,25). The number of amides is 1. The van der Waals surface area contributed by atoms with Crippen LogP contribution in [0.4, 0.5) is 5.69 Å². The average Bonchev–Trinajstić information content (AvgIpc) is 3.15. The molecule has 8 heteroatoms. The van der Waals surface area contributed by atoms with Crippen LogP contribution in [0.1, 0.15) is 20.9 Å². The zero-order valence-electron chi connectivity index (χ0n) is 17.8. The summed E-state index contributed by atoms with van der Waals surface area (Å²) in [5, 5.41) is 3.67. The monoisotopic (exact) mass is 428 g/mol. The summed E-state index contributed by atoms with van der Waals surface area (Å²) in [5.74, 6) is 2.17. The second-order valence-corrected chi connectivity index (χ2v) is 7.48. The predicted octanol–water partition coefficient (Wildman–Crippen LogP) is 4.71. The number of ether oxygens (including phenoxy) is 4. The molecule has 0 spiro atoms. The molecule has 3 rings (SSSR count). The van der Waals surface area contributed by atoms with Gasteiger partial charge in [0, 0.05) is 17.3 Å². The number of nitrogens with one attached hydrogen (secondary N) is 1. The minimum Gasteiger partial charge on any atom is -0.493 e. The van der Waals surface area contributed by atoms with Crippen molar-refractivity contribution in [3.05, 3.63) is 46.5 Å². The highest BCUT2D eigenvalue weighted by Crippen LogP contribution is 2.36. The number of rotatable bonds is 7. The Morgan fingerprint density at radius 3 is 2.10 bits per heavy atom. The number of nitrogens with zero attached hydrogens (tertiary/aromatic N) is 1. The summed E-state index contributed by atoms with van der Waals surface area (Å²) in [6.07, 6.45) is 0. The molecule has 30 heavy (non-hydrogen) atoms. The second-order valence-electron chi connectivity index (χ2n) is 6.48. The lowest BCUT2D eigenvalue weighted by atomic mass is 10.1. The third kappa shape index (κ3) is 4.18. The van der Waals surface area contributed by atoms with E-state index in [1.165, 1.54) is 11.3 Å². The van der Waals surface area contributed by atoms with Gasteiger partial charge in [0.2, 0.25) is 0 Å². The predicted molar refractivity (Wildman–Crippen MR) is 118 cm³/mol. The maximum atomic E-state index is 13.0. The van der Waals surface area contributed by atoms with E-state index in [-0.39, 0.29) is 5.91 Å². The number of hydrogen-bond donors (Lipinski definition) is 1. The second kappa shape index (κ2) is 9.04. The molecule has 3 aromatic rings. The number of aryl methyl sites for hydroxylation is 2. The van der Waals surface area contributed by atoms with Gasteiger partial charge in [0.15, 0.2) is 23.0 Å². The van der Waals surface area contributed by atoms with Crippen molar-refractivity contribution in [2.24, 2.45) is 0 Å². The number of thiazole rings is 1. The van der Waals surface area contributed by atoms with Crippen LogP contribution in [-0.4, -0.2) is 39.3 Å². The van der Waals surface area contributed by atoms with Crippen molar-refractivity contribution < 1.29 is 23.7 Å². The van der Waals surface area contributed by atoms with Gasteiger partial charge in [0.25, 0.3) is 5.91 Å². The first-order valence-electron chi connectivity index (χ1n) is 9.15. The van der Waals surface area contributed by atoms with E-state index < -0.39 is 0 Å². The molecule has 7 nitrogen and oxygen atoms in total. The van der Waals surface area contributed by atoms with Crippen LogP contribution in [0, 0.1) is 13.8 Å². The van der Waals surface area contributed by atoms with E-state index in [2.05, 4.69) is 10.3 Å². The molecule has 0 fully saturated rings. The third-order valence-corrected chi connectivity index (χ3v) is 5.82. The molecule has 0 bridgehead atoms. The lowest BCUT2D eigenvalue weighted by molar-refractivity contribution is 0.102. The Balaban J connectivity index is 1.90. The number of methoxy groups -OCH3 is 4. The summed E-state index contributed by atoms with van der Waals surface area (Å²) in [7, 11) is 6.30. The summed E-state index contributed by atoms with van der Waals surface area (Å²) in [4.78, 5) is 18.1. The first-order chi connectivity index (χ1) is 14.4. The number of benzene rings is 2. The number of aromatic nitrogens is 1. The normalized spacial score (nSPS) is 10.5. The maximum absolute atomic E-state index is 13.0. The summed E-state index contributed by atoms with van der Waals surface area (Å²) in [6, 6.07) is 9.12. The van der Waals surface area contributed by atoms with Crippen LogP contribution >= 0.6 is 11.3 Å². The summed E-state index contributed by atoms with van der Waals surface area (Å²) in [5.41, 5.74) is 3.02. The minimum atomic E-state index is -0.230. The van der Waals surface area contributed by atoms with E-state index in [1.54, 1.807) is 34.5 Å². The summed E-state index contributed by atoms with van der Waals surface area (Å²) >= 11 is 1.32. The highest BCUT2D eigenvalue weighted by atomic mass is 32.1. The van der Waals surface area contributed by atoms with E-state index in [9.17, 15) is 4.79 Å². The van der Waals surface area contributed by atoms with Crippen molar-refractivity contribution in [2.75, 3.05) is 33.8 Å². The Labute approximate surface area is 179 Å². The number of carbonyl (C=O) groups excluding carboxylic acids is 1. The van der Waals surface area contributed by atoms with Gasteiger partial charge >= 0.3 is 0 Å². The van der Waals surface area contributed by atoms with Crippen LogP contribution < -0.4 is 24.3 Å². The SMILES string of the molecule is COc1ccc(-c2nc(C)c(C(=O)Nc3cc(OC)c(OC)cc3C)s2)cc1OC. The van der Waals surface area contributed by atoms with Crippen molar-refractivity contribution in [1.29, 1.82) is 0 Å². The van der Waals surface area contributed by atoms with Gasteiger partial charge in [-0.05, 0) is 43.7 Å². The van der Waals surface area contributed by atoms with Gasteiger partial charge in [-0.25, -0.2) is 4.98 Å². The van der Waals surface area contributed by atoms with E-state index in [0.717, 1.165) is 16.1 Å². The molecule has 1 N–H and O–H groups in total. The van der Waals surface area contributed by atoms with Crippen molar-refractivity contribution in [3.8, 4) is 33.6 Å². The van der Waals surface area contributed by atoms with Crippen LogP contribution in [0.25, 0.3) is 10.6 Å². The van der Waals surface area contributed by atoms with Crippen LogP contribution in [0.15, 0.2) is 30.3 Å². The lowest BCUT2D eigenvalue weighted by Gasteiger charge is -2.13. The van der Waals surface area contributed by atoms with Gasteiger partial charge in [-0.2, -0.15) is 0 Å². The van der Waals surface area contributed by atoms with E-state index >= 15 is 0 Å². The van der Waals surface area contributed by atoms with Crippen LogP contribution in [0.2, 0.25) is 0 Å². The molecular formula is C22H24N2O5S. The molecule has 158 valence electrons. The largest absolute Gasteiger partial charge is 0.493 e. The third-order valence-electron chi connectivity index (χ3n) is 4.61. The van der Waals surface area contributed by atoms with Gasteiger partial charge in [0.1, 0.15) is 9.88 Å². The lowest BCUT2D eigenvalue weighted by Crippen LogP contribution is -2.12. The van der Waals surface area contributed by atoms with Gasteiger partial charge < -0.3 is 24.3 Å². The molecule has 0 radical (unpaired) electrons. The Morgan fingerprint density at radius 2 is 1.47 bits per heavy atom. The average molecular weight is 429 g/mol. The first kappa shape index (κ1) is 21.4. The smallest absolute Gasteiger partial charge is 0.267 e. The van der Waals surface area contributed by atoms with Crippen LogP contribution in [0.5, 0.6) is 23.0 Å². The van der Waals surface area contributed by atoms with Crippen molar-refractivity contribution in [2.45, 2.75) is 13.8 Å². The number of anilines is 1. The summed E-state index contributed by atoms with van der Waals surface area (Å²) in [6.45, 7) is 3.71. The van der Waals surface area contributed by atoms with E-state index in [0.29, 0.717) is 39.3 Å². The van der Waals surface area contributed by atoms with Crippen molar-refractivity contribution in [3.63, 3.8) is 0 Å². The fourth-order valence-corrected chi connectivity index (χ4v) is 3.95. The first-order valence-corrected chi connectivity index (χ1v) is 9.97. The molecule has 1 amide bonds. The zero-order valence-corrected chi connectivity index (χ0v) is 18.6. The number of carbonyl (C=O) groups is 1. The van der Waals surface area contributed by atoms with E-state index in [1.807, 2.05) is 38.1 Å².